The summed E-state index contributed by atoms with van der Waals surface area (Å²) in [6, 6.07) is 8.15. The van der Waals surface area contributed by atoms with E-state index in [1.165, 1.54) is 31.2 Å². The first-order chi connectivity index (χ1) is 9.55. The second-order valence-corrected chi connectivity index (χ2v) is 6.71. The lowest BCUT2D eigenvalue weighted by atomic mass is 9.80. The molecule has 3 heteroatoms. The Balaban J connectivity index is 2.67. The van der Waals surface area contributed by atoms with Gasteiger partial charge in [-0.05, 0) is 48.8 Å². The molecule has 114 valence electrons. The third kappa shape index (κ3) is 5.67. The number of halogens is 1. The van der Waals surface area contributed by atoms with Crippen molar-refractivity contribution in [1.29, 1.82) is 0 Å². The van der Waals surface area contributed by atoms with Crippen LogP contribution in [-0.2, 0) is 6.54 Å². The van der Waals surface area contributed by atoms with Crippen molar-refractivity contribution in [3.63, 3.8) is 0 Å². The van der Waals surface area contributed by atoms with Crippen molar-refractivity contribution in [2.45, 2.75) is 46.1 Å². The molecule has 0 aliphatic heterocycles. The van der Waals surface area contributed by atoms with Gasteiger partial charge in [-0.1, -0.05) is 50.4 Å². The average molecular weight is 314 g/mol. The Bertz CT molecular complexity index is 388. The van der Waals surface area contributed by atoms with E-state index in [1.54, 1.807) is 0 Å². The Kier molecular flexibility index (Phi) is 8.01. The normalized spacial score (nSPS) is 12.1. The minimum Gasteiger partial charge on any atom is -0.302 e. The lowest BCUT2D eigenvalue weighted by Crippen LogP contribution is -2.37. The van der Waals surface area contributed by atoms with Gasteiger partial charge in [-0.3, -0.25) is 0 Å². The van der Waals surface area contributed by atoms with Crippen molar-refractivity contribution in [2.75, 3.05) is 19.3 Å². The van der Waals surface area contributed by atoms with Crippen LogP contribution >= 0.6 is 24.2 Å². The van der Waals surface area contributed by atoms with E-state index in [4.69, 9.17) is 11.6 Å². The molecule has 0 unspecified atom stereocenters. The Morgan fingerprint density at radius 3 is 2.35 bits per heavy atom. The number of hydrogen-bond acceptors (Lipinski definition) is 2. The van der Waals surface area contributed by atoms with Gasteiger partial charge in [-0.15, -0.1) is 0 Å². The van der Waals surface area contributed by atoms with E-state index in [9.17, 15) is 0 Å². The molecule has 1 aromatic carbocycles. The number of thiol groups is 1. The van der Waals surface area contributed by atoms with Crippen molar-refractivity contribution in [2.24, 2.45) is 5.41 Å². The summed E-state index contributed by atoms with van der Waals surface area (Å²) in [6.07, 6.45) is 4.96. The van der Waals surface area contributed by atoms with Crippen LogP contribution in [0.4, 0.5) is 0 Å². The molecule has 0 heterocycles. The maximum Gasteiger partial charge on any atom is 0.0409 e. The SMILES string of the molecule is CCCC(CS)(CCC)CN(C)Cc1cccc(Cl)c1. The van der Waals surface area contributed by atoms with Gasteiger partial charge in [-0.25, -0.2) is 0 Å². The third-order valence-electron chi connectivity index (χ3n) is 3.84. The minimum atomic E-state index is 0.347. The zero-order valence-corrected chi connectivity index (χ0v) is 14.7. The molecule has 1 nitrogen and oxygen atoms in total. The molecule has 0 atom stereocenters. The first kappa shape index (κ1) is 17.9. The maximum atomic E-state index is 6.06. The monoisotopic (exact) mass is 313 g/mol. The summed E-state index contributed by atoms with van der Waals surface area (Å²) in [4.78, 5) is 2.41. The topological polar surface area (TPSA) is 3.24 Å². The summed E-state index contributed by atoms with van der Waals surface area (Å²) >= 11 is 10.7. The fourth-order valence-electron chi connectivity index (χ4n) is 3.13. The molecular weight excluding hydrogens is 286 g/mol. The van der Waals surface area contributed by atoms with Crippen LogP contribution < -0.4 is 0 Å². The minimum absolute atomic E-state index is 0.347. The Hall–Kier alpha value is -0.180. The molecule has 0 amide bonds. The summed E-state index contributed by atoms with van der Waals surface area (Å²) in [5, 5.41) is 0.818. The average Bonchev–Trinajstić information content (AvgIpc) is 2.39. The molecule has 0 fully saturated rings. The first-order valence-electron chi connectivity index (χ1n) is 7.59. The van der Waals surface area contributed by atoms with E-state index >= 15 is 0 Å². The molecule has 0 saturated heterocycles. The third-order valence-corrected chi connectivity index (χ3v) is 4.75. The largest absolute Gasteiger partial charge is 0.302 e. The second-order valence-electron chi connectivity index (χ2n) is 5.96. The Labute approximate surface area is 135 Å². The van der Waals surface area contributed by atoms with E-state index in [2.05, 4.69) is 50.6 Å². The number of benzene rings is 1. The fourth-order valence-corrected chi connectivity index (χ4v) is 3.76. The van der Waals surface area contributed by atoms with Crippen LogP contribution in [0.25, 0.3) is 0 Å². The van der Waals surface area contributed by atoms with Crippen LogP contribution in [0.1, 0.15) is 45.1 Å². The van der Waals surface area contributed by atoms with Gasteiger partial charge in [0.2, 0.25) is 0 Å². The number of rotatable bonds is 9. The summed E-state index contributed by atoms with van der Waals surface area (Å²) in [5.74, 6) is 0.967. The van der Waals surface area contributed by atoms with Crippen LogP contribution in [0, 0.1) is 5.41 Å². The Morgan fingerprint density at radius 2 is 1.85 bits per heavy atom. The number of nitrogens with zero attached hydrogens (tertiary/aromatic N) is 1. The van der Waals surface area contributed by atoms with Crippen LogP contribution in [0.5, 0.6) is 0 Å². The Morgan fingerprint density at radius 1 is 1.20 bits per heavy atom. The standard InChI is InChI=1S/C17H28ClNS/c1-4-9-17(14-20,10-5-2)13-19(3)12-15-7-6-8-16(18)11-15/h6-8,11,20H,4-5,9-10,12-14H2,1-3H3. The zero-order valence-electron chi connectivity index (χ0n) is 13.0. The zero-order chi connectivity index (χ0) is 15.0. The summed E-state index contributed by atoms with van der Waals surface area (Å²) in [5.41, 5.74) is 1.63. The van der Waals surface area contributed by atoms with Crippen LogP contribution in [-0.4, -0.2) is 24.2 Å². The molecule has 0 radical (unpaired) electrons. The highest BCUT2D eigenvalue weighted by Crippen LogP contribution is 2.32. The van der Waals surface area contributed by atoms with Crippen molar-refractivity contribution in [1.82, 2.24) is 4.90 Å². The molecule has 0 saturated carbocycles. The predicted molar refractivity (Wildman–Crippen MR) is 93.9 cm³/mol. The molecule has 0 bridgehead atoms. The highest BCUT2D eigenvalue weighted by atomic mass is 35.5. The smallest absolute Gasteiger partial charge is 0.0409 e. The quantitative estimate of drug-likeness (QED) is 0.606. The van der Waals surface area contributed by atoms with Gasteiger partial charge in [0, 0.05) is 18.1 Å². The van der Waals surface area contributed by atoms with Crippen molar-refractivity contribution < 1.29 is 0 Å². The van der Waals surface area contributed by atoms with Gasteiger partial charge in [0.05, 0.1) is 0 Å². The molecule has 0 aliphatic rings. The summed E-state index contributed by atoms with van der Waals surface area (Å²) in [6.45, 7) is 6.59. The predicted octanol–water partition coefficient (Wildman–Crippen LogP) is 5.29. The van der Waals surface area contributed by atoms with Crippen LogP contribution in [0.3, 0.4) is 0 Å². The molecule has 0 aliphatic carbocycles. The van der Waals surface area contributed by atoms with Gasteiger partial charge in [-0.2, -0.15) is 12.6 Å². The van der Waals surface area contributed by atoms with Crippen molar-refractivity contribution >= 4 is 24.2 Å². The lowest BCUT2D eigenvalue weighted by Gasteiger charge is -2.36. The van der Waals surface area contributed by atoms with E-state index in [-0.39, 0.29) is 0 Å². The van der Waals surface area contributed by atoms with Crippen LogP contribution in [0.15, 0.2) is 24.3 Å². The fraction of sp³-hybridized carbons (Fsp3) is 0.647. The van der Waals surface area contributed by atoms with E-state index in [0.29, 0.717) is 5.41 Å². The van der Waals surface area contributed by atoms with Gasteiger partial charge in [0.1, 0.15) is 0 Å². The lowest BCUT2D eigenvalue weighted by molar-refractivity contribution is 0.165. The molecule has 0 spiro atoms. The van der Waals surface area contributed by atoms with E-state index in [1.807, 2.05) is 12.1 Å². The highest BCUT2D eigenvalue weighted by Gasteiger charge is 2.28. The molecular formula is C17H28ClNS. The second kappa shape index (κ2) is 8.96. The molecule has 20 heavy (non-hydrogen) atoms. The van der Waals surface area contributed by atoms with Crippen molar-refractivity contribution in [3.05, 3.63) is 34.9 Å². The van der Waals surface area contributed by atoms with Gasteiger partial charge >= 0.3 is 0 Å². The molecule has 0 N–H and O–H groups in total. The molecule has 0 aromatic heterocycles. The van der Waals surface area contributed by atoms with Crippen molar-refractivity contribution in [3.8, 4) is 0 Å². The first-order valence-corrected chi connectivity index (χ1v) is 8.60. The molecule has 1 rings (SSSR count). The van der Waals surface area contributed by atoms with Crippen LogP contribution in [0.2, 0.25) is 5.02 Å². The summed E-state index contributed by atoms with van der Waals surface area (Å²) < 4.78 is 0. The molecule has 1 aromatic rings. The summed E-state index contributed by atoms with van der Waals surface area (Å²) in [7, 11) is 2.20. The van der Waals surface area contributed by atoms with Gasteiger partial charge in [0.25, 0.3) is 0 Å². The maximum absolute atomic E-state index is 6.06. The number of hydrogen-bond donors (Lipinski definition) is 1. The van der Waals surface area contributed by atoms with Gasteiger partial charge in [0.15, 0.2) is 0 Å². The highest BCUT2D eigenvalue weighted by molar-refractivity contribution is 7.80. The van der Waals surface area contributed by atoms with E-state index in [0.717, 1.165) is 23.9 Å². The van der Waals surface area contributed by atoms with E-state index < -0.39 is 0 Å². The van der Waals surface area contributed by atoms with Gasteiger partial charge < -0.3 is 4.90 Å².